The summed E-state index contributed by atoms with van der Waals surface area (Å²) >= 11 is 1.11. The van der Waals surface area contributed by atoms with Crippen molar-refractivity contribution in [1.29, 1.82) is 0 Å². The fraction of sp³-hybridized carbons (Fsp3) is 0.235. The minimum absolute atomic E-state index is 0.0458. The number of sulfone groups is 1. The Kier molecular flexibility index (Phi) is 5.58. The second kappa shape index (κ2) is 7.88. The average molecular weight is 391 g/mol. The molecular weight excluding hydrogens is 374 g/mol. The maximum Gasteiger partial charge on any atom is 0.251 e. The molecule has 0 unspecified atom stereocenters. The highest BCUT2D eigenvalue weighted by molar-refractivity contribution is 7.99. The van der Waals surface area contributed by atoms with Gasteiger partial charge in [0.1, 0.15) is 0 Å². The molecule has 0 spiro atoms. The van der Waals surface area contributed by atoms with Crippen molar-refractivity contribution in [2.45, 2.75) is 17.7 Å². The van der Waals surface area contributed by atoms with Gasteiger partial charge in [-0.15, -0.1) is 0 Å². The molecule has 0 radical (unpaired) electrons. The van der Waals surface area contributed by atoms with Crippen LogP contribution in [0.25, 0.3) is 0 Å². The van der Waals surface area contributed by atoms with Crippen molar-refractivity contribution in [3.8, 4) is 0 Å². The molecule has 0 fully saturated rings. The van der Waals surface area contributed by atoms with E-state index in [2.05, 4.69) is 9.97 Å². The Morgan fingerprint density at radius 1 is 1.27 bits per heavy atom. The number of thioether (sulfide) groups is 1. The molecule has 0 aliphatic carbocycles. The molecule has 2 heterocycles. The lowest BCUT2D eigenvalue weighted by Crippen LogP contribution is -2.41. The van der Waals surface area contributed by atoms with Crippen LogP contribution in [0.1, 0.15) is 5.56 Å². The zero-order valence-electron chi connectivity index (χ0n) is 13.7. The first-order valence-electron chi connectivity index (χ1n) is 7.85. The van der Waals surface area contributed by atoms with Crippen LogP contribution in [0.3, 0.4) is 0 Å². The zero-order chi connectivity index (χ0) is 18.6. The summed E-state index contributed by atoms with van der Waals surface area (Å²) in [6.45, 7) is 0.309. The molecule has 3 rings (SSSR count). The molecule has 1 aromatic heterocycles. The van der Waals surface area contributed by atoms with Crippen molar-refractivity contribution in [3.63, 3.8) is 0 Å². The molecule has 1 aliphatic heterocycles. The van der Waals surface area contributed by atoms with Crippen LogP contribution in [-0.4, -0.2) is 46.7 Å². The van der Waals surface area contributed by atoms with Crippen LogP contribution in [-0.2, 0) is 21.2 Å². The van der Waals surface area contributed by atoms with E-state index in [4.69, 9.17) is 0 Å². The van der Waals surface area contributed by atoms with Crippen LogP contribution < -0.4 is 5.56 Å². The van der Waals surface area contributed by atoms with Gasteiger partial charge in [-0.3, -0.25) is 9.59 Å². The number of amides is 1. The molecule has 2 aromatic rings. The standard InChI is InChI=1S/C17H17N3O4S2/c21-15-6-8-18-17(19-15)25-11-16(22)20(10-13-4-2-1-3-5-13)14-7-9-26(23,24)12-14/h1-9,14H,10-12H2,(H,18,19,21)/t14-/m0/s1. The molecule has 26 heavy (non-hydrogen) atoms. The van der Waals surface area contributed by atoms with Crippen molar-refractivity contribution in [1.82, 2.24) is 14.9 Å². The number of nitrogens with one attached hydrogen (secondary N) is 1. The number of aromatic amines is 1. The van der Waals surface area contributed by atoms with Crippen molar-refractivity contribution < 1.29 is 13.2 Å². The van der Waals surface area contributed by atoms with E-state index in [-0.39, 0.29) is 23.0 Å². The van der Waals surface area contributed by atoms with E-state index < -0.39 is 15.9 Å². The number of carbonyl (C=O) groups is 1. The number of carbonyl (C=O) groups excluding carboxylic acids is 1. The van der Waals surface area contributed by atoms with Gasteiger partial charge in [0, 0.05) is 24.2 Å². The van der Waals surface area contributed by atoms with Gasteiger partial charge >= 0.3 is 0 Å². The van der Waals surface area contributed by atoms with Crippen molar-refractivity contribution in [2.24, 2.45) is 0 Å². The van der Waals surface area contributed by atoms with Gasteiger partial charge in [0.25, 0.3) is 5.56 Å². The second-order valence-corrected chi connectivity index (χ2v) is 8.66. The second-order valence-electron chi connectivity index (χ2n) is 5.76. The summed E-state index contributed by atoms with van der Waals surface area (Å²) in [5.74, 6) is -0.294. The minimum Gasteiger partial charge on any atom is -0.330 e. The summed E-state index contributed by atoms with van der Waals surface area (Å²) in [6, 6.07) is 10.2. The first-order valence-corrected chi connectivity index (χ1v) is 10.6. The predicted octanol–water partition coefficient (Wildman–Crippen LogP) is 1.20. The molecule has 136 valence electrons. The summed E-state index contributed by atoms with van der Waals surface area (Å²) in [7, 11) is -3.28. The fourth-order valence-corrected chi connectivity index (χ4v) is 4.60. The van der Waals surface area contributed by atoms with E-state index >= 15 is 0 Å². The summed E-state index contributed by atoms with van der Waals surface area (Å²) in [5, 5.41) is 1.51. The predicted molar refractivity (Wildman–Crippen MR) is 99.3 cm³/mol. The molecule has 0 saturated heterocycles. The number of nitrogens with zero attached hydrogens (tertiary/aromatic N) is 2. The lowest BCUT2D eigenvalue weighted by atomic mass is 10.2. The Balaban J connectivity index is 1.74. The number of aromatic nitrogens is 2. The van der Waals surface area contributed by atoms with Gasteiger partial charge in [0.05, 0.1) is 17.5 Å². The topological polar surface area (TPSA) is 100 Å². The smallest absolute Gasteiger partial charge is 0.251 e. The number of hydrogen-bond acceptors (Lipinski definition) is 6. The van der Waals surface area contributed by atoms with E-state index in [9.17, 15) is 18.0 Å². The summed E-state index contributed by atoms with van der Waals surface area (Å²) in [4.78, 5) is 32.2. The maximum absolute atomic E-state index is 12.8. The van der Waals surface area contributed by atoms with E-state index in [1.807, 2.05) is 30.3 Å². The van der Waals surface area contributed by atoms with Crippen molar-refractivity contribution in [3.05, 3.63) is 70.0 Å². The molecule has 0 saturated carbocycles. The Morgan fingerprint density at radius 3 is 2.69 bits per heavy atom. The number of H-pyrrole nitrogens is 1. The lowest BCUT2D eigenvalue weighted by molar-refractivity contribution is -0.130. The number of benzene rings is 1. The molecule has 1 atom stereocenters. The van der Waals surface area contributed by atoms with Gasteiger partial charge in [-0.25, -0.2) is 13.4 Å². The fourth-order valence-electron chi connectivity index (χ4n) is 2.56. The van der Waals surface area contributed by atoms with Crippen LogP contribution in [0.4, 0.5) is 0 Å². The van der Waals surface area contributed by atoms with Gasteiger partial charge in [-0.1, -0.05) is 42.1 Å². The van der Waals surface area contributed by atoms with E-state index in [0.717, 1.165) is 22.7 Å². The average Bonchev–Trinajstić information content (AvgIpc) is 2.98. The molecule has 9 heteroatoms. The largest absolute Gasteiger partial charge is 0.330 e. The van der Waals surface area contributed by atoms with Crippen LogP contribution in [0.2, 0.25) is 0 Å². The third kappa shape index (κ3) is 4.83. The number of rotatable bonds is 6. The van der Waals surface area contributed by atoms with Gasteiger partial charge in [0.15, 0.2) is 15.0 Å². The number of hydrogen-bond donors (Lipinski definition) is 1. The first-order chi connectivity index (χ1) is 12.4. The summed E-state index contributed by atoms with van der Waals surface area (Å²) in [5.41, 5.74) is 0.621. The Hall–Kier alpha value is -2.39. The van der Waals surface area contributed by atoms with Crippen LogP contribution in [0.15, 0.2) is 64.0 Å². The Morgan fingerprint density at radius 2 is 2.04 bits per heavy atom. The Bertz CT molecular complexity index is 971. The lowest BCUT2D eigenvalue weighted by Gasteiger charge is -2.27. The van der Waals surface area contributed by atoms with Crippen LogP contribution in [0.5, 0.6) is 0 Å². The van der Waals surface area contributed by atoms with E-state index in [0.29, 0.717) is 11.7 Å². The molecule has 1 N–H and O–H groups in total. The quantitative estimate of drug-likeness (QED) is 0.587. The zero-order valence-corrected chi connectivity index (χ0v) is 15.4. The highest BCUT2D eigenvalue weighted by Crippen LogP contribution is 2.20. The Labute approximate surface area is 155 Å². The molecule has 7 nitrogen and oxygen atoms in total. The SMILES string of the molecule is O=C(CSc1nccc(=O)[nH]1)N(Cc1ccccc1)[C@H]1C=CS(=O)(=O)C1. The monoisotopic (exact) mass is 391 g/mol. The highest BCUT2D eigenvalue weighted by atomic mass is 32.2. The summed E-state index contributed by atoms with van der Waals surface area (Å²) < 4.78 is 23.5. The van der Waals surface area contributed by atoms with Gasteiger partial charge in [0.2, 0.25) is 5.91 Å². The van der Waals surface area contributed by atoms with Crippen LogP contribution in [0, 0.1) is 0 Å². The normalized spacial score (nSPS) is 17.9. The molecular formula is C17H17N3O4S2. The minimum atomic E-state index is -3.28. The molecule has 1 aliphatic rings. The third-order valence-electron chi connectivity index (χ3n) is 3.81. The van der Waals surface area contributed by atoms with Crippen LogP contribution >= 0.6 is 11.8 Å². The molecule has 1 amide bonds. The van der Waals surface area contributed by atoms with Crippen molar-refractivity contribution >= 4 is 27.5 Å². The highest BCUT2D eigenvalue weighted by Gasteiger charge is 2.30. The first kappa shape index (κ1) is 18.4. The third-order valence-corrected chi connectivity index (χ3v) is 6.06. The van der Waals surface area contributed by atoms with E-state index in [1.165, 1.54) is 12.3 Å². The van der Waals surface area contributed by atoms with Crippen molar-refractivity contribution in [2.75, 3.05) is 11.5 Å². The van der Waals surface area contributed by atoms with Gasteiger partial charge < -0.3 is 9.88 Å². The molecule has 0 bridgehead atoms. The van der Waals surface area contributed by atoms with Gasteiger partial charge in [-0.05, 0) is 11.6 Å². The van der Waals surface area contributed by atoms with Gasteiger partial charge in [-0.2, -0.15) is 0 Å². The maximum atomic E-state index is 12.8. The molecule has 1 aromatic carbocycles. The van der Waals surface area contributed by atoms with E-state index in [1.54, 1.807) is 11.0 Å². The summed E-state index contributed by atoms with van der Waals surface area (Å²) in [6.07, 6.45) is 2.92.